The minimum absolute atomic E-state index is 0.0102. The smallest absolute Gasteiger partial charge is 0.270 e. The van der Waals surface area contributed by atoms with Gasteiger partial charge in [-0.3, -0.25) is 9.59 Å². The maximum absolute atomic E-state index is 13.6. The van der Waals surface area contributed by atoms with Gasteiger partial charge in [0.05, 0.1) is 12.5 Å². The Kier molecular flexibility index (Phi) is 6.94. The van der Waals surface area contributed by atoms with E-state index in [-0.39, 0.29) is 17.1 Å². The third-order valence-corrected chi connectivity index (χ3v) is 7.90. The molecule has 2 amide bonds. The summed E-state index contributed by atoms with van der Waals surface area (Å²) in [6, 6.07) is 13.9. The highest BCUT2D eigenvalue weighted by atomic mass is 32.2. The molecule has 0 aliphatic carbocycles. The summed E-state index contributed by atoms with van der Waals surface area (Å²) < 4.78 is 26.5. The molecule has 4 aromatic rings. The minimum atomic E-state index is -3.77. The zero-order valence-corrected chi connectivity index (χ0v) is 21.8. The van der Waals surface area contributed by atoms with Gasteiger partial charge in [-0.15, -0.1) is 11.3 Å². The molecular weight excluding hydrogens is 512 g/mol. The van der Waals surface area contributed by atoms with Crippen LogP contribution in [-0.4, -0.2) is 59.1 Å². The van der Waals surface area contributed by atoms with E-state index in [2.05, 4.69) is 32.9 Å². The molecule has 3 aromatic heterocycles. The van der Waals surface area contributed by atoms with E-state index in [0.717, 1.165) is 24.7 Å². The minimum Gasteiger partial charge on any atom is -0.365 e. The summed E-state index contributed by atoms with van der Waals surface area (Å²) in [6.45, 7) is 1.66. The third kappa shape index (κ3) is 5.49. The highest BCUT2D eigenvalue weighted by molar-refractivity contribution is 7.89. The van der Waals surface area contributed by atoms with Gasteiger partial charge in [0.25, 0.3) is 11.8 Å². The van der Waals surface area contributed by atoms with Crippen LogP contribution in [0.25, 0.3) is 5.65 Å². The Bertz CT molecular complexity index is 1530. The van der Waals surface area contributed by atoms with E-state index in [1.165, 1.54) is 21.8 Å². The van der Waals surface area contributed by atoms with E-state index in [0.29, 0.717) is 36.9 Å². The summed E-state index contributed by atoms with van der Waals surface area (Å²) in [6.07, 6.45) is 5.33. The lowest BCUT2D eigenvalue weighted by Crippen LogP contribution is -2.38. The number of hydrogen-bond donors (Lipinski definition) is 2. The topological polar surface area (TPSA) is 126 Å². The quantitative estimate of drug-likeness (QED) is 0.370. The summed E-state index contributed by atoms with van der Waals surface area (Å²) in [7, 11) is -3.77. The molecule has 1 saturated heterocycles. The van der Waals surface area contributed by atoms with Gasteiger partial charge in [0.1, 0.15) is 16.9 Å². The van der Waals surface area contributed by atoms with E-state index >= 15 is 0 Å². The van der Waals surface area contributed by atoms with Crippen molar-refractivity contribution in [2.45, 2.75) is 25.3 Å². The first-order valence-corrected chi connectivity index (χ1v) is 14.6. The second-order valence-electron chi connectivity index (χ2n) is 8.94. The van der Waals surface area contributed by atoms with E-state index < -0.39 is 15.9 Å². The number of benzene rings is 1. The first-order chi connectivity index (χ1) is 17.8. The Balaban J connectivity index is 1.45. The van der Waals surface area contributed by atoms with Gasteiger partial charge in [-0.25, -0.2) is 18.1 Å². The van der Waals surface area contributed by atoms with E-state index in [4.69, 9.17) is 0 Å². The van der Waals surface area contributed by atoms with E-state index in [9.17, 15) is 18.0 Å². The van der Waals surface area contributed by atoms with Crippen LogP contribution in [0.2, 0.25) is 0 Å². The first-order valence-electron chi connectivity index (χ1n) is 11.8. The number of fused-ring (bicyclic) bond motifs is 1. The maximum Gasteiger partial charge on any atom is 0.270 e. The lowest BCUT2D eigenvalue weighted by molar-refractivity contribution is 0.0713. The molecule has 37 heavy (non-hydrogen) atoms. The zero-order chi connectivity index (χ0) is 26.0. The van der Waals surface area contributed by atoms with Gasteiger partial charge in [0.2, 0.25) is 10.0 Å². The number of likely N-dealkylation sites (tertiary alicyclic amines) is 1. The number of rotatable bonds is 7. The second kappa shape index (κ2) is 10.3. The molecule has 4 heterocycles. The Morgan fingerprint density at radius 2 is 1.81 bits per heavy atom. The van der Waals surface area contributed by atoms with E-state index in [1.807, 2.05) is 40.0 Å². The molecule has 0 radical (unpaired) electrons. The van der Waals surface area contributed by atoms with Gasteiger partial charge in [0.15, 0.2) is 5.65 Å². The van der Waals surface area contributed by atoms with Crippen LogP contribution >= 0.6 is 11.3 Å². The summed E-state index contributed by atoms with van der Waals surface area (Å²) in [5, 5.41) is 9.65. The molecule has 5 rings (SSSR count). The SMILES string of the molecule is CS(=O)(=O)NC(=O)c1cnn2c(NCc3ccccc3)c(C(=O)N3CCC(c4cccs4)CC3)cnc12. The van der Waals surface area contributed by atoms with Crippen LogP contribution in [-0.2, 0) is 16.6 Å². The predicted molar refractivity (Wildman–Crippen MR) is 141 cm³/mol. The van der Waals surface area contributed by atoms with Crippen molar-refractivity contribution < 1.29 is 18.0 Å². The van der Waals surface area contributed by atoms with Gasteiger partial charge in [-0.1, -0.05) is 36.4 Å². The molecule has 2 N–H and O–H groups in total. The molecule has 0 spiro atoms. The molecule has 1 fully saturated rings. The van der Waals surface area contributed by atoms with Crippen LogP contribution in [0.1, 0.15) is 49.9 Å². The number of anilines is 1. The van der Waals surface area contributed by atoms with E-state index in [1.54, 1.807) is 11.3 Å². The number of hydrogen-bond acceptors (Lipinski definition) is 8. The van der Waals surface area contributed by atoms with Gasteiger partial charge in [-0.2, -0.15) is 9.61 Å². The summed E-state index contributed by atoms with van der Waals surface area (Å²) in [5.41, 5.74) is 1.45. The normalized spacial score (nSPS) is 14.6. The van der Waals surface area contributed by atoms with Gasteiger partial charge in [0, 0.05) is 30.7 Å². The molecule has 0 bridgehead atoms. The van der Waals surface area contributed by atoms with Crippen molar-refractivity contribution >= 4 is 44.6 Å². The Morgan fingerprint density at radius 1 is 1.05 bits per heavy atom. The van der Waals surface area contributed by atoms with Crippen molar-refractivity contribution in [3.8, 4) is 0 Å². The fraction of sp³-hybridized carbons (Fsp3) is 0.280. The van der Waals surface area contributed by atoms with Crippen LogP contribution in [0, 0.1) is 0 Å². The van der Waals surface area contributed by atoms with Crippen molar-refractivity contribution in [3.05, 3.63) is 81.8 Å². The molecular formula is C25H26N6O4S2. The molecule has 1 aliphatic rings. The molecule has 0 saturated carbocycles. The number of carbonyl (C=O) groups is 2. The Hall–Kier alpha value is -3.77. The van der Waals surface area contributed by atoms with Crippen molar-refractivity contribution in [1.29, 1.82) is 0 Å². The fourth-order valence-corrected chi connectivity index (χ4v) is 5.83. The van der Waals surface area contributed by atoms with Crippen LogP contribution in [0.5, 0.6) is 0 Å². The lowest BCUT2D eigenvalue weighted by atomic mass is 9.95. The molecule has 0 atom stereocenters. The molecule has 1 aromatic carbocycles. The molecule has 12 heteroatoms. The highest BCUT2D eigenvalue weighted by Gasteiger charge is 2.29. The molecule has 1 aliphatic heterocycles. The average molecular weight is 539 g/mol. The van der Waals surface area contributed by atoms with Crippen molar-refractivity contribution in [1.82, 2.24) is 24.2 Å². The fourth-order valence-electron chi connectivity index (χ4n) is 4.48. The Morgan fingerprint density at radius 3 is 2.49 bits per heavy atom. The number of sulfonamides is 1. The van der Waals surface area contributed by atoms with Crippen LogP contribution in [0.4, 0.5) is 5.82 Å². The van der Waals surface area contributed by atoms with Gasteiger partial charge in [-0.05, 0) is 35.8 Å². The molecule has 10 nitrogen and oxygen atoms in total. The van der Waals surface area contributed by atoms with Crippen LogP contribution < -0.4 is 10.0 Å². The summed E-state index contributed by atoms with van der Waals surface area (Å²) >= 11 is 1.75. The number of nitrogens with zero attached hydrogens (tertiary/aromatic N) is 4. The van der Waals surface area contributed by atoms with Crippen LogP contribution in [0.15, 0.2) is 60.2 Å². The average Bonchev–Trinajstić information content (AvgIpc) is 3.57. The summed E-state index contributed by atoms with van der Waals surface area (Å²) in [5.74, 6) is -0.180. The predicted octanol–water partition coefficient (Wildman–Crippen LogP) is 3.11. The van der Waals surface area contributed by atoms with Gasteiger partial charge >= 0.3 is 0 Å². The van der Waals surface area contributed by atoms with Gasteiger partial charge < -0.3 is 10.2 Å². The number of piperidine rings is 1. The largest absolute Gasteiger partial charge is 0.365 e. The number of amides is 2. The molecule has 0 unspecified atom stereocenters. The monoisotopic (exact) mass is 538 g/mol. The summed E-state index contributed by atoms with van der Waals surface area (Å²) in [4.78, 5) is 33.7. The zero-order valence-electron chi connectivity index (χ0n) is 20.1. The number of nitrogens with one attached hydrogen (secondary N) is 2. The molecule has 192 valence electrons. The number of thiophene rings is 1. The van der Waals surface area contributed by atoms with Crippen molar-refractivity contribution in [2.75, 3.05) is 24.7 Å². The third-order valence-electron chi connectivity index (χ3n) is 6.31. The number of aromatic nitrogens is 3. The highest BCUT2D eigenvalue weighted by Crippen LogP contribution is 2.32. The maximum atomic E-state index is 13.6. The first kappa shape index (κ1) is 24.9. The number of carbonyl (C=O) groups excluding carboxylic acids is 2. The standard InChI is InChI=1S/C25H26N6O4S2/c1-37(34,35)29-24(32)19-16-28-31-22(19)27-15-20(23(31)26-14-17-6-3-2-4-7-17)25(33)30-11-9-18(10-12-30)21-8-5-13-36-21/h2-8,13,15-16,18,26H,9-12,14H2,1H3,(H,29,32). The lowest BCUT2D eigenvalue weighted by Gasteiger charge is -2.32. The van der Waals surface area contributed by atoms with Crippen LogP contribution in [0.3, 0.4) is 0 Å². The van der Waals surface area contributed by atoms with Crippen molar-refractivity contribution in [3.63, 3.8) is 0 Å². The Labute approximate surface area is 218 Å². The second-order valence-corrected chi connectivity index (χ2v) is 11.7. The van der Waals surface area contributed by atoms with Crippen molar-refractivity contribution in [2.24, 2.45) is 0 Å².